The quantitative estimate of drug-likeness (QED) is 0.104. The van der Waals surface area contributed by atoms with Gasteiger partial charge in [-0.15, -0.1) is 0 Å². The molecular weight excluding hydrogens is 616 g/mol. The highest BCUT2D eigenvalue weighted by atomic mass is 16.6. The minimum atomic E-state index is -0.880. The largest absolute Gasteiger partial charge is 0.426 e. The fraction of sp³-hybridized carbons (Fsp3) is 0.421. The van der Waals surface area contributed by atoms with Crippen molar-refractivity contribution in [3.05, 3.63) is 85.5 Å². The van der Waals surface area contributed by atoms with E-state index in [0.29, 0.717) is 35.3 Å². The first kappa shape index (κ1) is 36.3. The van der Waals surface area contributed by atoms with Crippen LogP contribution in [-0.2, 0) is 30.3 Å². The van der Waals surface area contributed by atoms with E-state index in [1.807, 2.05) is 0 Å². The number of carbonyl (C=O) groups excluding carboxylic acids is 4. The van der Waals surface area contributed by atoms with E-state index < -0.39 is 24.2 Å². The van der Waals surface area contributed by atoms with Gasteiger partial charge in [0, 0.05) is 23.6 Å². The first-order valence-electron chi connectivity index (χ1n) is 16.4. The first-order valence-corrected chi connectivity index (χ1v) is 16.4. The lowest BCUT2D eigenvalue weighted by atomic mass is 9.69. The van der Waals surface area contributed by atoms with Gasteiger partial charge in [0.15, 0.2) is 17.8 Å². The van der Waals surface area contributed by atoms with Gasteiger partial charge < -0.3 is 28.8 Å². The Morgan fingerprint density at radius 3 is 1.88 bits per heavy atom. The number of esters is 4. The number of ether oxygens (including phenoxy) is 5. The molecule has 2 fully saturated rings. The maximum absolute atomic E-state index is 12.8. The van der Waals surface area contributed by atoms with Crippen LogP contribution in [0.4, 0.5) is 0 Å². The first-order chi connectivity index (χ1) is 23.1. The van der Waals surface area contributed by atoms with Gasteiger partial charge in [0.25, 0.3) is 0 Å². The Labute approximate surface area is 281 Å². The van der Waals surface area contributed by atoms with Crippen molar-refractivity contribution >= 4 is 23.9 Å². The molecular formula is C38H44O10. The van der Waals surface area contributed by atoms with E-state index in [1.54, 1.807) is 43.3 Å². The van der Waals surface area contributed by atoms with Crippen LogP contribution in [0.15, 0.2) is 79.9 Å². The predicted octanol–water partition coefficient (Wildman–Crippen LogP) is 6.45. The Hall–Kier alpha value is -4.54. The van der Waals surface area contributed by atoms with Crippen LogP contribution in [0.5, 0.6) is 23.0 Å². The number of benzene rings is 2. The van der Waals surface area contributed by atoms with Crippen LogP contribution in [0.3, 0.4) is 0 Å². The maximum atomic E-state index is 12.8. The summed E-state index contributed by atoms with van der Waals surface area (Å²) in [6.45, 7) is 12.2. The highest BCUT2D eigenvalue weighted by molar-refractivity contribution is 5.89. The van der Waals surface area contributed by atoms with Crippen molar-refractivity contribution in [3.63, 3.8) is 0 Å². The Balaban J connectivity index is 1.16. The summed E-state index contributed by atoms with van der Waals surface area (Å²) < 4.78 is 27.0. The van der Waals surface area contributed by atoms with Gasteiger partial charge in [-0.05, 0) is 119 Å². The van der Waals surface area contributed by atoms with Gasteiger partial charge in [-0.1, -0.05) is 25.8 Å². The number of aliphatic hydroxyl groups excluding tert-OH is 1. The molecule has 0 aliphatic heterocycles. The molecule has 0 bridgehead atoms. The lowest BCUT2D eigenvalue weighted by molar-refractivity contribution is -0.144. The highest BCUT2D eigenvalue weighted by Gasteiger charge is 2.35. The fourth-order valence-electron chi connectivity index (χ4n) is 6.30. The lowest BCUT2D eigenvalue weighted by Crippen LogP contribution is -2.33. The molecule has 48 heavy (non-hydrogen) atoms. The minimum Gasteiger partial charge on any atom is -0.426 e. The third-order valence-electron chi connectivity index (χ3n) is 9.03. The summed E-state index contributed by atoms with van der Waals surface area (Å²) in [5.74, 6) is -0.160. The highest BCUT2D eigenvalue weighted by Crippen LogP contribution is 2.42. The van der Waals surface area contributed by atoms with Crippen LogP contribution in [0.25, 0.3) is 0 Å². The molecule has 10 heteroatoms. The van der Waals surface area contributed by atoms with E-state index in [-0.39, 0.29) is 35.9 Å². The number of hydrogen-bond donors (Lipinski definition) is 1. The standard InChI is InChI=1S/C38H44O10/c1-5-34(39)47-32-20-7-25(23-33(32)48-35(40)6-2)21-22-44-37(42)28-12-8-26(9-13-28)27-10-14-29(15-11-27)38(43)46-31-18-16-30(17-19-31)45-36(41)24(3)4/h5-7,16-20,23,26-29,37,42H,1-3,8-15,21-22H2,4H3. The van der Waals surface area contributed by atoms with Gasteiger partial charge in [0.2, 0.25) is 0 Å². The monoisotopic (exact) mass is 660 g/mol. The molecule has 0 heterocycles. The second-order valence-electron chi connectivity index (χ2n) is 12.4. The third kappa shape index (κ3) is 10.5. The molecule has 256 valence electrons. The molecule has 1 atom stereocenters. The zero-order valence-electron chi connectivity index (χ0n) is 27.4. The second-order valence-corrected chi connectivity index (χ2v) is 12.4. The summed E-state index contributed by atoms with van der Waals surface area (Å²) in [5, 5.41) is 10.8. The molecule has 0 radical (unpaired) electrons. The Bertz CT molecular complexity index is 1480. The summed E-state index contributed by atoms with van der Waals surface area (Å²) in [6, 6.07) is 11.3. The van der Waals surface area contributed by atoms with Crippen molar-refractivity contribution < 1.29 is 48.0 Å². The van der Waals surface area contributed by atoms with Gasteiger partial charge >= 0.3 is 23.9 Å². The van der Waals surface area contributed by atoms with Crippen molar-refractivity contribution in [2.75, 3.05) is 6.61 Å². The normalized spacial score (nSPS) is 21.2. The summed E-state index contributed by atoms with van der Waals surface area (Å²) in [6.07, 6.45) is 8.87. The molecule has 0 spiro atoms. The number of carbonyl (C=O) groups is 4. The zero-order valence-corrected chi connectivity index (χ0v) is 27.4. The topological polar surface area (TPSA) is 135 Å². The SMILES string of the molecule is C=CC(=O)Oc1ccc(CCOC(O)C2CCC(C3CCC(C(=O)Oc4ccc(OC(=O)C(=C)C)cc4)CC3)CC2)cc1OC(=O)C=C. The lowest BCUT2D eigenvalue weighted by Gasteiger charge is -2.38. The van der Waals surface area contributed by atoms with E-state index in [4.69, 9.17) is 23.7 Å². The molecule has 1 N–H and O–H groups in total. The Morgan fingerprint density at radius 2 is 1.31 bits per heavy atom. The molecule has 2 aliphatic carbocycles. The number of aliphatic hydroxyl groups is 1. The van der Waals surface area contributed by atoms with E-state index in [9.17, 15) is 24.3 Å². The van der Waals surface area contributed by atoms with Gasteiger partial charge in [-0.3, -0.25) is 4.79 Å². The van der Waals surface area contributed by atoms with Gasteiger partial charge in [-0.25, -0.2) is 14.4 Å². The van der Waals surface area contributed by atoms with Crippen molar-refractivity contribution in [1.82, 2.24) is 0 Å². The molecule has 1 unspecified atom stereocenters. The van der Waals surface area contributed by atoms with Crippen molar-refractivity contribution in [1.29, 1.82) is 0 Å². The van der Waals surface area contributed by atoms with Gasteiger partial charge in [0.1, 0.15) is 11.5 Å². The van der Waals surface area contributed by atoms with Crippen LogP contribution in [0.2, 0.25) is 0 Å². The smallest absolute Gasteiger partial charge is 0.338 e. The molecule has 4 rings (SSSR count). The van der Waals surface area contributed by atoms with Crippen molar-refractivity contribution in [2.24, 2.45) is 23.7 Å². The molecule has 0 saturated heterocycles. The second kappa shape index (κ2) is 17.6. The van der Waals surface area contributed by atoms with Crippen LogP contribution < -0.4 is 18.9 Å². The summed E-state index contributed by atoms with van der Waals surface area (Å²) in [7, 11) is 0. The summed E-state index contributed by atoms with van der Waals surface area (Å²) in [5.41, 5.74) is 1.07. The third-order valence-corrected chi connectivity index (χ3v) is 9.03. The average Bonchev–Trinajstić information content (AvgIpc) is 3.10. The molecule has 2 aromatic carbocycles. The molecule has 2 saturated carbocycles. The van der Waals surface area contributed by atoms with E-state index in [0.717, 1.165) is 69.1 Å². The van der Waals surface area contributed by atoms with Crippen LogP contribution in [-0.4, -0.2) is 41.9 Å². The van der Waals surface area contributed by atoms with Crippen molar-refractivity contribution in [2.45, 2.75) is 71.0 Å². The van der Waals surface area contributed by atoms with E-state index in [2.05, 4.69) is 19.7 Å². The number of hydrogen-bond acceptors (Lipinski definition) is 10. The Morgan fingerprint density at radius 1 is 0.771 bits per heavy atom. The number of rotatable bonds is 14. The fourth-order valence-corrected chi connectivity index (χ4v) is 6.30. The summed E-state index contributed by atoms with van der Waals surface area (Å²) >= 11 is 0. The average molecular weight is 661 g/mol. The predicted molar refractivity (Wildman–Crippen MR) is 177 cm³/mol. The van der Waals surface area contributed by atoms with Crippen molar-refractivity contribution in [3.8, 4) is 23.0 Å². The van der Waals surface area contributed by atoms with Crippen LogP contribution in [0.1, 0.15) is 63.9 Å². The zero-order chi connectivity index (χ0) is 34.6. The van der Waals surface area contributed by atoms with Gasteiger partial charge in [-0.2, -0.15) is 0 Å². The molecule has 2 aliphatic rings. The van der Waals surface area contributed by atoms with E-state index in [1.165, 1.54) is 6.07 Å². The molecule has 2 aromatic rings. The summed E-state index contributed by atoms with van der Waals surface area (Å²) in [4.78, 5) is 47.9. The molecule has 0 aromatic heterocycles. The van der Waals surface area contributed by atoms with Gasteiger partial charge in [0.05, 0.1) is 12.5 Å². The van der Waals surface area contributed by atoms with Crippen LogP contribution in [0, 0.1) is 23.7 Å². The van der Waals surface area contributed by atoms with E-state index >= 15 is 0 Å². The maximum Gasteiger partial charge on any atom is 0.338 e. The van der Waals surface area contributed by atoms with Crippen LogP contribution >= 0.6 is 0 Å². The molecule has 0 amide bonds. The minimum absolute atomic E-state index is 0.0491. The molecule has 10 nitrogen and oxygen atoms in total. The Kier molecular flexibility index (Phi) is 13.3.